The first-order valence-corrected chi connectivity index (χ1v) is 32.4. The zero-order chi connectivity index (χ0) is 72.0. The van der Waals surface area contributed by atoms with E-state index in [1.54, 1.807) is 42.8 Å². The summed E-state index contributed by atoms with van der Waals surface area (Å²) in [5, 5.41) is 65.3. The Labute approximate surface area is 589 Å². The van der Waals surface area contributed by atoms with Gasteiger partial charge in [0.25, 0.3) is 0 Å². The highest BCUT2D eigenvalue weighted by atomic mass is 32.2. The largest absolute Gasteiger partial charge is 0.419 e. The Morgan fingerprint density at radius 1 is 0.330 bits per heavy atom. The average Bonchev–Trinajstić information content (AvgIpc) is 0.918. The number of hydrogen-bond donors (Lipinski definition) is 0. The van der Waals surface area contributed by atoms with Gasteiger partial charge >= 0.3 is 34.1 Å². The van der Waals surface area contributed by atoms with Crippen LogP contribution in [-0.4, -0.2) is 65.7 Å². The lowest BCUT2D eigenvalue weighted by molar-refractivity contribution is -0.388. The Kier molecular flexibility index (Phi) is 32.7. The molecule has 11 rings (SSSR count). The normalized spacial score (nSPS) is 10.0. The van der Waals surface area contributed by atoms with E-state index in [1.165, 1.54) is 170 Å². The molecule has 100 heavy (non-hydrogen) atoms. The van der Waals surface area contributed by atoms with E-state index in [1.807, 2.05) is 48.5 Å². The summed E-state index contributed by atoms with van der Waals surface area (Å²) in [6, 6.07) is 52.4. The van der Waals surface area contributed by atoms with Crippen molar-refractivity contribution in [2.75, 3.05) is 6.26 Å². The highest BCUT2D eigenvalue weighted by molar-refractivity contribution is 7.98. The highest BCUT2D eigenvalue weighted by Crippen LogP contribution is 2.34. The zero-order valence-corrected chi connectivity index (χ0v) is 55.6. The average molecular weight is 1480 g/mol. The van der Waals surface area contributed by atoms with Crippen LogP contribution < -0.4 is 16.7 Å². The first-order valence-electron chi connectivity index (χ1n) is 27.4. The summed E-state index contributed by atoms with van der Waals surface area (Å²) in [4.78, 5) is 84.1. The van der Waals surface area contributed by atoms with E-state index >= 15 is 0 Å². The second-order valence-corrected chi connectivity index (χ2v) is 22.3. The number of para-hydroxylation sites is 2. The molecule has 0 saturated carbocycles. The van der Waals surface area contributed by atoms with Gasteiger partial charge in [-0.2, -0.15) is 0 Å². The number of rotatable bonds is 23. The second-order valence-electron chi connectivity index (χ2n) is 17.9. The molecule has 5 aromatic carbocycles. The van der Waals surface area contributed by atoms with Gasteiger partial charge in [-0.1, -0.05) is 66.7 Å². The monoisotopic (exact) mass is 1480 g/mol. The van der Waals surface area contributed by atoms with E-state index in [9.17, 15) is 73.9 Å². The lowest BCUT2D eigenvalue weighted by Crippen LogP contribution is -1.94. The number of benzene rings is 5. The topological polar surface area (TPSA) is 382 Å². The van der Waals surface area contributed by atoms with Crippen molar-refractivity contribution in [3.8, 4) is 23.0 Å². The number of pyridine rings is 6. The fourth-order valence-corrected chi connectivity index (χ4v) is 10.3. The molecule has 38 heteroatoms. The van der Waals surface area contributed by atoms with E-state index in [2.05, 4.69) is 29.9 Å². The smallest absolute Gasteiger partial charge is 0.304 e. The molecule has 29 nitrogen and oxygen atoms in total. The van der Waals surface area contributed by atoms with Gasteiger partial charge in [0.15, 0.2) is 16.6 Å². The highest BCUT2D eigenvalue weighted by Gasteiger charge is 2.21. The van der Waals surface area contributed by atoms with E-state index in [0.29, 0.717) is 35.2 Å². The van der Waals surface area contributed by atoms with E-state index < -0.39 is 41.2 Å². The minimum atomic E-state index is -0.569. The fraction of sp³-hybridized carbons (Fsp3) is 0.0323. The zero-order valence-electron chi connectivity index (χ0n) is 50.7. The van der Waals surface area contributed by atoms with Crippen molar-refractivity contribution in [2.24, 2.45) is 0 Å². The summed E-state index contributed by atoms with van der Waals surface area (Å²) in [5.74, 6) is -0.0791. The quantitative estimate of drug-likeness (QED) is 0.0248. The molecule has 512 valence electrons. The first-order chi connectivity index (χ1) is 48.3. The Morgan fingerprint density at radius 3 is 1.04 bits per heavy atom. The van der Waals surface area contributed by atoms with Gasteiger partial charge in [0.05, 0.1) is 48.2 Å². The van der Waals surface area contributed by atoms with E-state index in [-0.39, 0.29) is 76.6 Å². The van der Waals surface area contributed by atoms with Crippen molar-refractivity contribution in [1.82, 2.24) is 29.9 Å². The van der Waals surface area contributed by atoms with Gasteiger partial charge in [-0.05, 0) is 109 Å². The summed E-state index contributed by atoms with van der Waals surface area (Å²) in [6.45, 7) is 0.374. The standard InChI is InChI=1S/C12H10N2O3S.3C11H7FN2O3S.C11H8N2O3S.C6H6N2O2S/c15-14(16)11-7-4-8-13-12(11)18-17-9-10-5-2-1-3-6-10;12-8-3-1-4-9(7-8)17-18-11-10(14(15)16)5-2-6-13-11;12-8-3-5-9(6-4-8)17-18-11-10(14(15)16)2-1-7-13-11;12-8-4-1-2-6-10(8)17-18-11-9(14(15)16)5-3-7-13-11;14-13(15)10-7-4-8-12-11(10)17-16-9-5-2-1-3-6-9;1-11-6-5(8(9)10)3-2-4-7-6/h1-8H,9H2;3*1-7H;1-8H;2-4H,1H3. The summed E-state index contributed by atoms with van der Waals surface area (Å²) >= 11 is 5.19. The third-order valence-electron chi connectivity index (χ3n) is 11.1. The summed E-state index contributed by atoms with van der Waals surface area (Å²) < 4.78 is 65.0. The maximum atomic E-state index is 13.3. The van der Waals surface area contributed by atoms with Crippen LogP contribution >= 0.6 is 72.0 Å². The Balaban J connectivity index is 0.000000190. The Hall–Kier alpha value is -11.6. The third kappa shape index (κ3) is 26.8. The van der Waals surface area contributed by atoms with E-state index in [4.69, 9.17) is 20.9 Å². The molecule has 6 heterocycles. The Morgan fingerprint density at radius 2 is 0.660 bits per heavy atom. The number of aromatic nitrogens is 6. The molecule has 0 unspecified atom stereocenters. The predicted molar refractivity (Wildman–Crippen MR) is 366 cm³/mol. The molecule has 0 spiro atoms. The molecule has 0 radical (unpaired) electrons. The van der Waals surface area contributed by atoms with Crippen molar-refractivity contribution in [1.29, 1.82) is 0 Å². The van der Waals surface area contributed by atoms with Crippen LogP contribution in [0.4, 0.5) is 47.3 Å². The molecular formula is C62H45F3N12O17S6. The van der Waals surface area contributed by atoms with Crippen molar-refractivity contribution in [3.05, 3.63) is 327 Å². The fourth-order valence-electron chi connectivity index (χ4n) is 6.68. The molecule has 0 fully saturated rings. The molecule has 0 aliphatic carbocycles. The van der Waals surface area contributed by atoms with Gasteiger partial charge in [0, 0.05) is 79.6 Å². The first kappa shape index (κ1) is 77.5. The number of nitrogens with zero attached hydrogens (tertiary/aromatic N) is 12. The number of thioether (sulfide) groups is 1. The van der Waals surface area contributed by atoms with Gasteiger partial charge in [-0.25, -0.2) is 43.1 Å². The minimum absolute atomic E-state index is 0.00227. The van der Waals surface area contributed by atoms with Crippen molar-refractivity contribution < 1.29 is 63.6 Å². The maximum absolute atomic E-state index is 13.3. The van der Waals surface area contributed by atoms with Crippen molar-refractivity contribution in [2.45, 2.75) is 36.8 Å². The Bertz CT molecular complexity index is 4500. The molecule has 11 aromatic rings. The third-order valence-corrected chi connectivity index (χ3v) is 15.5. The van der Waals surface area contributed by atoms with Crippen LogP contribution in [-0.2, 0) is 10.8 Å². The molecular weight excluding hydrogens is 1430 g/mol. The van der Waals surface area contributed by atoms with Crippen LogP contribution in [0.1, 0.15) is 5.56 Å². The van der Waals surface area contributed by atoms with Crippen LogP contribution in [0.3, 0.4) is 0 Å². The van der Waals surface area contributed by atoms with Crippen LogP contribution in [0.2, 0.25) is 0 Å². The van der Waals surface area contributed by atoms with Crippen LogP contribution in [0, 0.1) is 78.1 Å². The van der Waals surface area contributed by atoms with Gasteiger partial charge in [-0.3, -0.25) is 60.7 Å². The molecule has 0 aliphatic heterocycles. The number of hydrogen-bond acceptors (Lipinski definition) is 29. The van der Waals surface area contributed by atoms with Crippen LogP contribution in [0.15, 0.2) is 274 Å². The molecule has 0 bridgehead atoms. The number of halogens is 3. The lowest BCUT2D eigenvalue weighted by Gasteiger charge is -2.04. The molecule has 0 aliphatic rings. The number of nitro groups is 6. The van der Waals surface area contributed by atoms with Crippen LogP contribution in [0.5, 0.6) is 23.0 Å². The summed E-state index contributed by atoms with van der Waals surface area (Å²) in [6.07, 6.45) is 10.5. The van der Waals surface area contributed by atoms with Gasteiger partial charge in [0.1, 0.15) is 77.1 Å². The SMILES string of the molecule is CSc1ncccc1[N+](=O)[O-].O=[N+]([O-])c1cccnc1SOCc1ccccc1.O=[N+]([O-])c1cccnc1SOc1ccc(F)cc1.O=[N+]([O-])c1cccnc1SOc1cccc(F)c1.O=[N+]([O-])c1cccnc1SOc1ccccc1.O=[N+]([O-])c1cccnc1SOc1ccccc1F. The molecule has 6 aromatic heterocycles. The van der Waals surface area contributed by atoms with Gasteiger partial charge < -0.3 is 20.9 Å². The summed E-state index contributed by atoms with van der Waals surface area (Å²) in [7, 11) is 0. The molecule has 0 amide bonds. The van der Waals surface area contributed by atoms with E-state index in [0.717, 1.165) is 53.7 Å². The van der Waals surface area contributed by atoms with Gasteiger partial charge in [-0.15, -0.1) is 11.8 Å². The van der Waals surface area contributed by atoms with Crippen molar-refractivity contribution >= 4 is 106 Å². The maximum Gasteiger partial charge on any atom is 0.304 e. The molecule has 0 N–H and O–H groups in total. The second kappa shape index (κ2) is 42.2. The van der Waals surface area contributed by atoms with Gasteiger partial charge in [0.2, 0.25) is 25.1 Å². The predicted octanol–water partition coefficient (Wildman–Crippen LogP) is 17.6. The lowest BCUT2D eigenvalue weighted by atomic mass is 10.2. The van der Waals surface area contributed by atoms with Crippen LogP contribution in [0.25, 0.3) is 0 Å². The molecule has 0 atom stereocenters. The summed E-state index contributed by atoms with van der Waals surface area (Å²) in [5.41, 5.74) is 0.495. The van der Waals surface area contributed by atoms with Crippen molar-refractivity contribution in [3.63, 3.8) is 0 Å². The minimum Gasteiger partial charge on any atom is -0.419 e. The molecule has 0 saturated heterocycles.